The van der Waals surface area contributed by atoms with E-state index in [0.717, 1.165) is 0 Å². The van der Waals surface area contributed by atoms with Crippen molar-refractivity contribution in [3.63, 3.8) is 0 Å². The molecule has 0 aliphatic carbocycles. The lowest BCUT2D eigenvalue weighted by molar-refractivity contribution is 0.174. The first kappa shape index (κ1) is 18.9. The molecular formula is C17H18ClFN2O4S. The monoisotopic (exact) mass is 400 g/mol. The zero-order valence-corrected chi connectivity index (χ0v) is 15.4. The number of nitrogens with zero attached hydrogens (tertiary/aromatic N) is 1. The number of benzene rings is 2. The van der Waals surface area contributed by atoms with E-state index in [0.29, 0.717) is 36.7 Å². The summed E-state index contributed by atoms with van der Waals surface area (Å²) in [6.07, 6.45) is 0. The van der Waals surface area contributed by atoms with Crippen LogP contribution >= 0.6 is 12.4 Å². The fourth-order valence-corrected chi connectivity index (χ4v) is 4.77. The lowest BCUT2D eigenvalue weighted by Crippen LogP contribution is -2.48. The van der Waals surface area contributed by atoms with Gasteiger partial charge in [0.05, 0.1) is 10.9 Å². The first-order valence-corrected chi connectivity index (χ1v) is 9.37. The molecule has 2 aliphatic rings. The van der Waals surface area contributed by atoms with Gasteiger partial charge in [-0.05, 0) is 29.8 Å². The van der Waals surface area contributed by atoms with E-state index in [-0.39, 0.29) is 29.9 Å². The Balaban J connectivity index is 0.00000196. The van der Waals surface area contributed by atoms with E-state index in [1.807, 2.05) is 0 Å². The van der Waals surface area contributed by atoms with E-state index < -0.39 is 16.1 Å². The third-order valence-corrected chi connectivity index (χ3v) is 6.28. The van der Waals surface area contributed by atoms with Gasteiger partial charge in [-0.2, -0.15) is 4.31 Å². The van der Waals surface area contributed by atoms with Crippen LogP contribution in [-0.4, -0.2) is 39.2 Å². The summed E-state index contributed by atoms with van der Waals surface area (Å²) in [6, 6.07) is 10.1. The lowest BCUT2D eigenvalue weighted by atomic mass is 10.1. The Kier molecular flexibility index (Phi) is 5.38. The highest BCUT2D eigenvalue weighted by molar-refractivity contribution is 7.89. The van der Waals surface area contributed by atoms with E-state index in [1.165, 1.54) is 28.6 Å². The van der Waals surface area contributed by atoms with Crippen molar-refractivity contribution >= 4 is 22.4 Å². The number of fused-ring (bicyclic) bond motifs is 1. The number of halogens is 2. The topological polar surface area (TPSA) is 67.9 Å². The predicted octanol–water partition coefficient (Wildman–Crippen LogP) is 2.31. The number of hydrogen-bond donors (Lipinski definition) is 1. The van der Waals surface area contributed by atoms with Crippen LogP contribution < -0.4 is 14.8 Å². The predicted molar refractivity (Wildman–Crippen MR) is 95.7 cm³/mol. The van der Waals surface area contributed by atoms with Gasteiger partial charge in [0.25, 0.3) is 0 Å². The van der Waals surface area contributed by atoms with Crippen molar-refractivity contribution < 1.29 is 22.3 Å². The molecule has 2 aliphatic heterocycles. The van der Waals surface area contributed by atoms with E-state index >= 15 is 0 Å². The molecule has 1 fully saturated rings. The summed E-state index contributed by atoms with van der Waals surface area (Å²) >= 11 is 0. The van der Waals surface area contributed by atoms with Crippen LogP contribution in [0.3, 0.4) is 0 Å². The van der Waals surface area contributed by atoms with Crippen molar-refractivity contribution in [2.24, 2.45) is 0 Å². The first-order chi connectivity index (χ1) is 12.1. The molecule has 9 heteroatoms. The molecule has 0 spiro atoms. The molecular weight excluding hydrogens is 383 g/mol. The van der Waals surface area contributed by atoms with Gasteiger partial charge in [0.15, 0.2) is 11.5 Å². The van der Waals surface area contributed by atoms with Crippen LogP contribution in [0, 0.1) is 5.82 Å². The molecule has 2 aromatic carbocycles. The highest BCUT2D eigenvalue weighted by Crippen LogP contribution is 2.36. The van der Waals surface area contributed by atoms with Crippen LogP contribution in [0.1, 0.15) is 11.6 Å². The molecule has 0 amide bonds. The SMILES string of the molecule is Cl.O=S(=O)(c1ccc2c(c1)OCO2)N1CCNCC1c1cccc(F)c1. The Morgan fingerprint density at radius 2 is 1.92 bits per heavy atom. The van der Waals surface area contributed by atoms with Crippen molar-refractivity contribution in [1.29, 1.82) is 0 Å². The highest BCUT2D eigenvalue weighted by Gasteiger charge is 2.35. The number of rotatable bonds is 3. The molecule has 4 rings (SSSR count). The molecule has 0 aromatic heterocycles. The molecule has 0 radical (unpaired) electrons. The Morgan fingerprint density at radius 1 is 1.12 bits per heavy atom. The summed E-state index contributed by atoms with van der Waals surface area (Å²) in [6.45, 7) is 1.35. The lowest BCUT2D eigenvalue weighted by Gasteiger charge is -2.35. The first-order valence-electron chi connectivity index (χ1n) is 7.93. The zero-order valence-electron chi connectivity index (χ0n) is 13.7. The maximum Gasteiger partial charge on any atom is 0.243 e. The fourth-order valence-electron chi connectivity index (χ4n) is 3.14. The molecule has 2 heterocycles. The van der Waals surface area contributed by atoms with Crippen molar-refractivity contribution in [3.05, 3.63) is 53.8 Å². The standard InChI is InChI=1S/C17H17FN2O4S.ClH/c18-13-3-1-2-12(8-13)15-10-19-6-7-20(15)25(21,22)14-4-5-16-17(9-14)24-11-23-16;/h1-5,8-9,15,19H,6-7,10-11H2;1H. The molecule has 1 saturated heterocycles. The van der Waals surface area contributed by atoms with Crippen LogP contribution in [0.4, 0.5) is 4.39 Å². The number of ether oxygens (including phenoxy) is 2. The van der Waals surface area contributed by atoms with E-state index in [9.17, 15) is 12.8 Å². The number of sulfonamides is 1. The minimum absolute atomic E-state index is 0. The maximum absolute atomic E-state index is 13.6. The minimum atomic E-state index is -3.76. The molecule has 26 heavy (non-hydrogen) atoms. The Hall–Kier alpha value is -1.87. The van der Waals surface area contributed by atoms with Gasteiger partial charge in [-0.25, -0.2) is 12.8 Å². The Bertz CT molecular complexity index is 909. The average Bonchev–Trinajstić information content (AvgIpc) is 3.09. The second-order valence-electron chi connectivity index (χ2n) is 5.91. The number of piperazine rings is 1. The molecule has 1 atom stereocenters. The molecule has 1 unspecified atom stereocenters. The summed E-state index contributed by atoms with van der Waals surface area (Å²) in [7, 11) is -3.76. The third-order valence-electron chi connectivity index (χ3n) is 4.38. The molecule has 0 bridgehead atoms. The fraction of sp³-hybridized carbons (Fsp3) is 0.294. The van der Waals surface area contributed by atoms with E-state index in [4.69, 9.17) is 9.47 Å². The van der Waals surface area contributed by atoms with Crippen molar-refractivity contribution in [2.45, 2.75) is 10.9 Å². The van der Waals surface area contributed by atoms with Crippen molar-refractivity contribution in [1.82, 2.24) is 9.62 Å². The second-order valence-corrected chi connectivity index (χ2v) is 7.80. The van der Waals surface area contributed by atoms with Gasteiger partial charge >= 0.3 is 0 Å². The summed E-state index contributed by atoms with van der Waals surface area (Å²) in [4.78, 5) is 0.139. The van der Waals surface area contributed by atoms with Gasteiger partial charge in [0.1, 0.15) is 5.82 Å². The van der Waals surface area contributed by atoms with Gasteiger partial charge in [-0.3, -0.25) is 0 Å². The minimum Gasteiger partial charge on any atom is -0.454 e. The second kappa shape index (κ2) is 7.40. The van der Waals surface area contributed by atoms with E-state index in [1.54, 1.807) is 18.2 Å². The zero-order chi connectivity index (χ0) is 17.4. The Morgan fingerprint density at radius 3 is 2.73 bits per heavy atom. The van der Waals surface area contributed by atoms with Crippen LogP contribution in [0.25, 0.3) is 0 Å². The Labute approximate surface area is 157 Å². The van der Waals surface area contributed by atoms with Crippen LogP contribution in [0.5, 0.6) is 11.5 Å². The van der Waals surface area contributed by atoms with Gasteiger partial charge in [-0.1, -0.05) is 12.1 Å². The maximum atomic E-state index is 13.6. The van der Waals surface area contributed by atoms with Crippen LogP contribution in [0.15, 0.2) is 47.4 Å². The quantitative estimate of drug-likeness (QED) is 0.856. The van der Waals surface area contributed by atoms with Gasteiger partial charge in [-0.15, -0.1) is 12.4 Å². The largest absolute Gasteiger partial charge is 0.454 e. The summed E-state index contributed by atoms with van der Waals surface area (Å²) in [5, 5.41) is 3.17. The molecule has 2 aromatic rings. The molecule has 0 saturated carbocycles. The number of hydrogen-bond acceptors (Lipinski definition) is 5. The van der Waals surface area contributed by atoms with Crippen LogP contribution in [0.2, 0.25) is 0 Å². The smallest absolute Gasteiger partial charge is 0.243 e. The summed E-state index contributed by atoms with van der Waals surface area (Å²) in [5.74, 6) is 0.558. The normalized spacial score (nSPS) is 19.8. The van der Waals surface area contributed by atoms with Crippen LogP contribution in [-0.2, 0) is 10.0 Å². The van der Waals surface area contributed by atoms with E-state index in [2.05, 4.69) is 5.32 Å². The number of nitrogens with one attached hydrogen (secondary N) is 1. The molecule has 140 valence electrons. The molecule has 6 nitrogen and oxygen atoms in total. The van der Waals surface area contributed by atoms with Gasteiger partial charge in [0.2, 0.25) is 16.8 Å². The highest BCUT2D eigenvalue weighted by atomic mass is 35.5. The summed E-state index contributed by atoms with van der Waals surface area (Å²) < 4.78 is 51.9. The summed E-state index contributed by atoms with van der Waals surface area (Å²) in [5.41, 5.74) is 0.622. The molecule has 1 N–H and O–H groups in total. The average molecular weight is 401 g/mol. The third kappa shape index (κ3) is 3.37. The van der Waals surface area contributed by atoms with Gasteiger partial charge in [0, 0.05) is 25.7 Å². The van der Waals surface area contributed by atoms with Crippen molar-refractivity contribution in [2.75, 3.05) is 26.4 Å². The van der Waals surface area contributed by atoms with Crippen molar-refractivity contribution in [3.8, 4) is 11.5 Å². The van der Waals surface area contributed by atoms with Gasteiger partial charge < -0.3 is 14.8 Å².